The van der Waals surface area contributed by atoms with Crippen LogP contribution in [0.3, 0.4) is 0 Å². The summed E-state index contributed by atoms with van der Waals surface area (Å²) in [6, 6.07) is 0. The standard InChI is InChI=1S/C11H20O4/c1-3-4-5-6-13-7-11(2)8-14-10(12)15-9-11/h3-9H2,1-2H3. The second-order valence-corrected chi connectivity index (χ2v) is 4.40. The lowest BCUT2D eigenvalue weighted by Gasteiger charge is -2.31. The fraction of sp³-hybridized carbons (Fsp3) is 0.909. The summed E-state index contributed by atoms with van der Waals surface area (Å²) >= 11 is 0. The fourth-order valence-corrected chi connectivity index (χ4v) is 1.41. The highest BCUT2D eigenvalue weighted by Crippen LogP contribution is 2.22. The SMILES string of the molecule is CCCCCOCC1(C)COC(=O)OC1. The lowest BCUT2D eigenvalue weighted by Crippen LogP contribution is -2.40. The molecule has 0 atom stereocenters. The first kappa shape index (κ1) is 12.3. The predicted molar refractivity (Wildman–Crippen MR) is 55.8 cm³/mol. The molecule has 0 aromatic rings. The summed E-state index contributed by atoms with van der Waals surface area (Å²) in [4.78, 5) is 10.7. The fourth-order valence-electron chi connectivity index (χ4n) is 1.41. The summed E-state index contributed by atoms with van der Waals surface area (Å²) < 4.78 is 15.2. The van der Waals surface area contributed by atoms with Gasteiger partial charge in [0.1, 0.15) is 13.2 Å². The quantitative estimate of drug-likeness (QED) is 0.505. The molecule has 1 aliphatic heterocycles. The highest BCUT2D eigenvalue weighted by atomic mass is 16.7. The molecule has 4 heteroatoms. The van der Waals surface area contributed by atoms with Crippen LogP contribution in [0, 0.1) is 5.41 Å². The summed E-state index contributed by atoms with van der Waals surface area (Å²) in [7, 11) is 0. The van der Waals surface area contributed by atoms with Gasteiger partial charge in [0.25, 0.3) is 0 Å². The number of hydrogen-bond acceptors (Lipinski definition) is 4. The van der Waals surface area contributed by atoms with Crippen LogP contribution in [0.4, 0.5) is 4.79 Å². The molecule has 0 unspecified atom stereocenters. The van der Waals surface area contributed by atoms with Crippen LogP contribution in [0.15, 0.2) is 0 Å². The zero-order valence-corrected chi connectivity index (χ0v) is 9.58. The molecule has 0 radical (unpaired) electrons. The Hall–Kier alpha value is -0.770. The van der Waals surface area contributed by atoms with E-state index in [1.54, 1.807) is 0 Å². The molecule has 15 heavy (non-hydrogen) atoms. The maximum atomic E-state index is 10.7. The van der Waals surface area contributed by atoms with E-state index in [0.717, 1.165) is 13.0 Å². The Bertz CT molecular complexity index is 193. The molecular weight excluding hydrogens is 196 g/mol. The molecule has 0 amide bonds. The number of cyclic esters (lactones) is 2. The Morgan fingerprint density at radius 2 is 2.00 bits per heavy atom. The maximum Gasteiger partial charge on any atom is 0.508 e. The van der Waals surface area contributed by atoms with E-state index in [1.165, 1.54) is 12.8 Å². The molecule has 0 aromatic carbocycles. The molecule has 1 aliphatic rings. The molecule has 0 bridgehead atoms. The zero-order valence-electron chi connectivity index (χ0n) is 9.58. The van der Waals surface area contributed by atoms with E-state index >= 15 is 0 Å². The van der Waals surface area contributed by atoms with E-state index in [1.807, 2.05) is 6.92 Å². The van der Waals surface area contributed by atoms with E-state index in [4.69, 9.17) is 14.2 Å². The van der Waals surface area contributed by atoms with E-state index in [-0.39, 0.29) is 5.41 Å². The predicted octanol–water partition coefficient (Wildman–Crippen LogP) is 2.37. The van der Waals surface area contributed by atoms with Crippen LogP contribution < -0.4 is 0 Å². The number of rotatable bonds is 6. The molecule has 0 saturated carbocycles. The molecule has 1 rings (SSSR count). The minimum absolute atomic E-state index is 0.180. The van der Waals surface area contributed by atoms with Crippen molar-refractivity contribution in [1.82, 2.24) is 0 Å². The highest BCUT2D eigenvalue weighted by molar-refractivity contribution is 5.60. The third-order valence-electron chi connectivity index (χ3n) is 2.42. The summed E-state index contributed by atoms with van der Waals surface area (Å²) in [6.07, 6.45) is 2.91. The molecular formula is C11H20O4. The van der Waals surface area contributed by atoms with Gasteiger partial charge in [0.15, 0.2) is 0 Å². The highest BCUT2D eigenvalue weighted by Gasteiger charge is 2.33. The lowest BCUT2D eigenvalue weighted by molar-refractivity contribution is -0.0852. The van der Waals surface area contributed by atoms with Crippen LogP contribution in [0.5, 0.6) is 0 Å². The Kier molecular flexibility index (Phi) is 4.88. The van der Waals surface area contributed by atoms with Crippen LogP contribution in [0.25, 0.3) is 0 Å². The van der Waals surface area contributed by atoms with Gasteiger partial charge in [-0.25, -0.2) is 4.79 Å². The molecule has 4 nitrogen and oxygen atoms in total. The summed E-state index contributed by atoms with van der Waals surface area (Å²) in [5, 5.41) is 0. The Labute approximate surface area is 90.9 Å². The Morgan fingerprint density at radius 1 is 1.33 bits per heavy atom. The normalized spacial score (nSPS) is 19.5. The van der Waals surface area contributed by atoms with Crippen molar-refractivity contribution in [3.8, 4) is 0 Å². The van der Waals surface area contributed by atoms with Crippen molar-refractivity contribution in [2.45, 2.75) is 33.1 Å². The Morgan fingerprint density at radius 3 is 2.60 bits per heavy atom. The third-order valence-corrected chi connectivity index (χ3v) is 2.42. The van der Waals surface area contributed by atoms with E-state index < -0.39 is 6.16 Å². The zero-order chi connectivity index (χ0) is 11.1. The second kappa shape index (κ2) is 5.95. The molecule has 1 fully saturated rings. The Balaban J connectivity index is 2.11. The first-order chi connectivity index (χ1) is 7.16. The van der Waals surface area contributed by atoms with Crippen molar-refractivity contribution in [3.05, 3.63) is 0 Å². The largest absolute Gasteiger partial charge is 0.508 e. The van der Waals surface area contributed by atoms with Crippen molar-refractivity contribution in [1.29, 1.82) is 0 Å². The molecule has 1 saturated heterocycles. The molecule has 0 aliphatic carbocycles. The first-order valence-corrected chi connectivity index (χ1v) is 5.53. The van der Waals surface area contributed by atoms with Crippen molar-refractivity contribution in [2.75, 3.05) is 26.4 Å². The van der Waals surface area contributed by atoms with E-state index in [0.29, 0.717) is 19.8 Å². The van der Waals surface area contributed by atoms with Crippen LogP contribution in [0.1, 0.15) is 33.1 Å². The number of carbonyl (C=O) groups excluding carboxylic acids is 1. The van der Waals surface area contributed by atoms with Gasteiger partial charge < -0.3 is 14.2 Å². The van der Waals surface area contributed by atoms with Crippen LogP contribution in [-0.4, -0.2) is 32.6 Å². The van der Waals surface area contributed by atoms with Crippen molar-refractivity contribution < 1.29 is 19.0 Å². The van der Waals surface area contributed by atoms with E-state index in [2.05, 4.69) is 6.92 Å². The van der Waals surface area contributed by atoms with Gasteiger partial charge in [-0.05, 0) is 6.42 Å². The number of hydrogen-bond donors (Lipinski definition) is 0. The van der Waals surface area contributed by atoms with Gasteiger partial charge >= 0.3 is 6.16 Å². The molecule has 0 aromatic heterocycles. The minimum Gasteiger partial charge on any atom is -0.433 e. The lowest BCUT2D eigenvalue weighted by atomic mass is 9.94. The van der Waals surface area contributed by atoms with Crippen molar-refractivity contribution in [2.24, 2.45) is 5.41 Å². The number of unbranched alkanes of at least 4 members (excludes halogenated alkanes) is 2. The van der Waals surface area contributed by atoms with Gasteiger partial charge in [-0.1, -0.05) is 26.7 Å². The van der Waals surface area contributed by atoms with Gasteiger partial charge in [-0.15, -0.1) is 0 Å². The molecule has 88 valence electrons. The van der Waals surface area contributed by atoms with Crippen LogP contribution in [-0.2, 0) is 14.2 Å². The van der Waals surface area contributed by atoms with Gasteiger partial charge in [-0.2, -0.15) is 0 Å². The van der Waals surface area contributed by atoms with Crippen molar-refractivity contribution >= 4 is 6.16 Å². The van der Waals surface area contributed by atoms with E-state index in [9.17, 15) is 4.79 Å². The van der Waals surface area contributed by atoms with Crippen molar-refractivity contribution in [3.63, 3.8) is 0 Å². The topological polar surface area (TPSA) is 44.8 Å². The smallest absolute Gasteiger partial charge is 0.433 e. The van der Waals surface area contributed by atoms with Gasteiger partial charge in [0, 0.05) is 6.61 Å². The number of carbonyl (C=O) groups is 1. The molecule has 1 heterocycles. The van der Waals surface area contributed by atoms with Crippen LogP contribution >= 0.6 is 0 Å². The van der Waals surface area contributed by atoms with Gasteiger partial charge in [-0.3, -0.25) is 0 Å². The summed E-state index contributed by atoms with van der Waals surface area (Å²) in [5.41, 5.74) is -0.180. The second-order valence-electron chi connectivity index (χ2n) is 4.40. The third kappa shape index (κ3) is 4.51. The summed E-state index contributed by atoms with van der Waals surface area (Å²) in [5.74, 6) is 0. The average Bonchev–Trinajstić information content (AvgIpc) is 2.23. The maximum absolute atomic E-state index is 10.7. The van der Waals surface area contributed by atoms with Gasteiger partial charge in [0.05, 0.1) is 12.0 Å². The minimum atomic E-state index is -0.571. The molecule has 0 spiro atoms. The number of ether oxygens (including phenoxy) is 3. The monoisotopic (exact) mass is 216 g/mol. The first-order valence-electron chi connectivity index (χ1n) is 5.53. The van der Waals surface area contributed by atoms with Gasteiger partial charge in [0.2, 0.25) is 0 Å². The average molecular weight is 216 g/mol. The summed E-state index contributed by atoms with van der Waals surface area (Å²) in [6.45, 7) is 6.30. The molecule has 0 N–H and O–H groups in total. The van der Waals surface area contributed by atoms with Crippen LogP contribution in [0.2, 0.25) is 0 Å².